The van der Waals surface area contributed by atoms with Gasteiger partial charge in [0.05, 0.1) is 12.5 Å². The van der Waals surface area contributed by atoms with Crippen LogP contribution in [-0.4, -0.2) is 12.6 Å². The zero-order valence-electron chi connectivity index (χ0n) is 19.8. The van der Waals surface area contributed by atoms with Crippen LogP contribution in [0.4, 0.5) is 22.0 Å². The number of carbonyl (C=O) groups excluding carboxylic acids is 1. The minimum absolute atomic E-state index is 0.0763. The van der Waals surface area contributed by atoms with Crippen molar-refractivity contribution in [2.24, 2.45) is 5.92 Å². The topological polar surface area (TPSA) is 35.5 Å². The summed E-state index contributed by atoms with van der Waals surface area (Å²) in [5.41, 5.74) is 0.647. The molecule has 0 spiro atoms. The van der Waals surface area contributed by atoms with Crippen molar-refractivity contribution in [3.63, 3.8) is 0 Å². The van der Waals surface area contributed by atoms with E-state index in [1.807, 2.05) is 0 Å². The molecule has 0 radical (unpaired) electrons. The largest absolute Gasteiger partial charge is 0.491 e. The van der Waals surface area contributed by atoms with Gasteiger partial charge >= 0.3 is 5.97 Å². The molecule has 0 N–H and O–H groups in total. The van der Waals surface area contributed by atoms with Crippen LogP contribution in [0.3, 0.4) is 0 Å². The Kier molecular flexibility index (Phi) is 7.62. The lowest BCUT2D eigenvalue weighted by atomic mass is 9.78. The van der Waals surface area contributed by atoms with Crippen LogP contribution in [0.15, 0.2) is 42.5 Å². The number of hydrogen-bond acceptors (Lipinski definition) is 3. The average molecular weight is 504 g/mol. The SMILES string of the molecule is CCOc1ccc(-c2ccc(C3CCC(C(=O)Oc4ccc(C)c(F)c4F)CC3)c(F)c2)c(F)c1F. The molecular formula is C28H25F5O3. The van der Waals surface area contributed by atoms with Gasteiger partial charge in [-0.05, 0) is 86.4 Å². The Balaban J connectivity index is 1.43. The van der Waals surface area contributed by atoms with E-state index in [4.69, 9.17) is 9.47 Å². The van der Waals surface area contributed by atoms with Gasteiger partial charge < -0.3 is 9.47 Å². The predicted octanol–water partition coefficient (Wildman–Crippen LogP) is 7.64. The van der Waals surface area contributed by atoms with E-state index in [-0.39, 0.29) is 35.0 Å². The van der Waals surface area contributed by atoms with Crippen LogP contribution in [0.2, 0.25) is 0 Å². The summed E-state index contributed by atoms with van der Waals surface area (Å²) in [5, 5.41) is 0. The Bertz CT molecular complexity index is 1280. The van der Waals surface area contributed by atoms with Crippen LogP contribution in [0, 0.1) is 41.9 Å². The van der Waals surface area contributed by atoms with Crippen LogP contribution in [0.5, 0.6) is 11.5 Å². The van der Waals surface area contributed by atoms with Crippen LogP contribution in [-0.2, 0) is 4.79 Å². The summed E-state index contributed by atoms with van der Waals surface area (Å²) in [6.45, 7) is 3.24. The molecule has 4 rings (SSSR count). The summed E-state index contributed by atoms with van der Waals surface area (Å²) < 4.78 is 81.7. The van der Waals surface area contributed by atoms with E-state index in [9.17, 15) is 22.4 Å². The fourth-order valence-electron chi connectivity index (χ4n) is 4.59. The summed E-state index contributed by atoms with van der Waals surface area (Å²) >= 11 is 0. The lowest BCUT2D eigenvalue weighted by Gasteiger charge is -2.28. The number of carbonyl (C=O) groups is 1. The normalized spacial score (nSPS) is 17.6. The Morgan fingerprint density at radius 2 is 1.50 bits per heavy atom. The van der Waals surface area contributed by atoms with Crippen molar-refractivity contribution in [2.45, 2.75) is 45.4 Å². The lowest BCUT2D eigenvalue weighted by Crippen LogP contribution is -2.25. The molecule has 190 valence electrons. The smallest absolute Gasteiger partial charge is 0.314 e. The van der Waals surface area contributed by atoms with Crippen molar-refractivity contribution in [1.29, 1.82) is 0 Å². The van der Waals surface area contributed by atoms with E-state index < -0.39 is 46.7 Å². The first-order valence-corrected chi connectivity index (χ1v) is 11.8. The van der Waals surface area contributed by atoms with Gasteiger partial charge in [0, 0.05) is 5.56 Å². The van der Waals surface area contributed by atoms with E-state index in [1.165, 1.54) is 43.3 Å². The first-order valence-electron chi connectivity index (χ1n) is 11.8. The lowest BCUT2D eigenvalue weighted by molar-refractivity contribution is -0.140. The summed E-state index contributed by atoms with van der Waals surface area (Å²) in [4.78, 5) is 12.5. The molecule has 8 heteroatoms. The third kappa shape index (κ3) is 5.08. The second-order valence-electron chi connectivity index (χ2n) is 8.89. The third-order valence-electron chi connectivity index (χ3n) is 6.61. The second-order valence-corrected chi connectivity index (χ2v) is 8.89. The molecule has 1 saturated carbocycles. The molecule has 3 nitrogen and oxygen atoms in total. The van der Waals surface area contributed by atoms with Crippen molar-refractivity contribution in [2.75, 3.05) is 6.61 Å². The van der Waals surface area contributed by atoms with Crippen LogP contribution < -0.4 is 9.47 Å². The molecular weight excluding hydrogens is 479 g/mol. The van der Waals surface area contributed by atoms with Crippen LogP contribution in [0.25, 0.3) is 11.1 Å². The zero-order valence-corrected chi connectivity index (χ0v) is 19.8. The van der Waals surface area contributed by atoms with Crippen molar-refractivity contribution < 1.29 is 36.2 Å². The van der Waals surface area contributed by atoms with E-state index >= 15 is 4.39 Å². The van der Waals surface area contributed by atoms with Crippen molar-refractivity contribution in [3.8, 4) is 22.6 Å². The number of aryl methyl sites for hydroxylation is 1. The quantitative estimate of drug-likeness (QED) is 0.197. The molecule has 0 atom stereocenters. The molecule has 3 aromatic carbocycles. The summed E-state index contributed by atoms with van der Waals surface area (Å²) in [6.07, 6.45) is 1.73. The van der Waals surface area contributed by atoms with Gasteiger partial charge in [-0.3, -0.25) is 4.79 Å². The Labute approximate surface area is 205 Å². The third-order valence-corrected chi connectivity index (χ3v) is 6.61. The van der Waals surface area contributed by atoms with E-state index in [0.29, 0.717) is 31.2 Å². The number of ether oxygens (including phenoxy) is 2. The van der Waals surface area contributed by atoms with Gasteiger partial charge in [-0.1, -0.05) is 18.2 Å². The van der Waals surface area contributed by atoms with Gasteiger partial charge in [0.25, 0.3) is 0 Å². The molecule has 0 amide bonds. The highest BCUT2D eigenvalue weighted by atomic mass is 19.2. The molecule has 0 heterocycles. The molecule has 1 aliphatic carbocycles. The highest BCUT2D eigenvalue weighted by Gasteiger charge is 2.30. The van der Waals surface area contributed by atoms with Gasteiger partial charge in [0.15, 0.2) is 23.1 Å². The van der Waals surface area contributed by atoms with E-state index in [2.05, 4.69) is 0 Å². The molecule has 36 heavy (non-hydrogen) atoms. The van der Waals surface area contributed by atoms with E-state index in [1.54, 1.807) is 13.0 Å². The molecule has 3 aromatic rings. The van der Waals surface area contributed by atoms with Gasteiger partial charge in [0.2, 0.25) is 11.6 Å². The maximum atomic E-state index is 15.0. The summed E-state index contributed by atoms with van der Waals surface area (Å²) in [5.74, 6) is -7.07. The monoisotopic (exact) mass is 504 g/mol. The molecule has 0 saturated heterocycles. The minimum atomic E-state index is -1.21. The number of benzene rings is 3. The molecule has 0 unspecified atom stereocenters. The van der Waals surface area contributed by atoms with Crippen LogP contribution in [0.1, 0.15) is 49.7 Å². The van der Waals surface area contributed by atoms with E-state index in [0.717, 1.165) is 0 Å². The van der Waals surface area contributed by atoms with Crippen molar-refractivity contribution in [1.82, 2.24) is 0 Å². The number of hydrogen-bond donors (Lipinski definition) is 0. The van der Waals surface area contributed by atoms with Crippen molar-refractivity contribution >= 4 is 5.97 Å². The number of esters is 1. The first-order chi connectivity index (χ1) is 17.2. The minimum Gasteiger partial charge on any atom is -0.491 e. The van der Waals surface area contributed by atoms with Crippen LogP contribution >= 0.6 is 0 Å². The highest BCUT2D eigenvalue weighted by molar-refractivity contribution is 5.75. The zero-order chi connectivity index (χ0) is 26.0. The first kappa shape index (κ1) is 25.7. The maximum Gasteiger partial charge on any atom is 0.314 e. The molecule has 0 bridgehead atoms. The maximum absolute atomic E-state index is 15.0. The molecule has 1 fully saturated rings. The van der Waals surface area contributed by atoms with Gasteiger partial charge in [-0.2, -0.15) is 8.78 Å². The number of halogens is 5. The second kappa shape index (κ2) is 10.7. The Hall–Kier alpha value is -3.42. The number of rotatable bonds is 6. The van der Waals surface area contributed by atoms with Gasteiger partial charge in [-0.15, -0.1) is 0 Å². The predicted molar refractivity (Wildman–Crippen MR) is 124 cm³/mol. The average Bonchev–Trinajstić information content (AvgIpc) is 2.87. The fraction of sp³-hybridized carbons (Fsp3) is 0.321. The van der Waals surface area contributed by atoms with Gasteiger partial charge in [0.1, 0.15) is 5.82 Å². The molecule has 0 aliphatic heterocycles. The van der Waals surface area contributed by atoms with Crippen molar-refractivity contribution in [3.05, 3.63) is 82.7 Å². The Morgan fingerprint density at radius 3 is 2.17 bits per heavy atom. The standard InChI is InChI=1S/C28H25F5O3/c1-3-35-22-13-11-20(25(31)26(22)32)18-9-10-19(21(29)14-18)16-5-7-17(8-6-16)28(34)36-23-12-4-15(2)24(30)27(23)33/h4,9-14,16-17H,3,5-8H2,1-2H3. The summed E-state index contributed by atoms with van der Waals surface area (Å²) in [6, 6.07) is 9.45. The molecule has 1 aliphatic rings. The Morgan fingerprint density at radius 1 is 0.833 bits per heavy atom. The summed E-state index contributed by atoms with van der Waals surface area (Å²) in [7, 11) is 0. The molecule has 0 aromatic heterocycles. The van der Waals surface area contributed by atoms with Gasteiger partial charge in [-0.25, -0.2) is 13.2 Å². The highest BCUT2D eigenvalue weighted by Crippen LogP contribution is 2.39. The fourth-order valence-corrected chi connectivity index (χ4v) is 4.59.